The van der Waals surface area contributed by atoms with Crippen LogP contribution in [0.1, 0.15) is 12.0 Å². The highest BCUT2D eigenvalue weighted by atomic mass is 19.3. The second-order valence-electron chi connectivity index (χ2n) is 4.87. The summed E-state index contributed by atoms with van der Waals surface area (Å²) in [7, 11) is 0. The van der Waals surface area contributed by atoms with Crippen molar-refractivity contribution < 1.29 is 23.2 Å². The highest BCUT2D eigenvalue weighted by molar-refractivity contribution is 5.92. The predicted molar refractivity (Wildman–Crippen MR) is 79.9 cm³/mol. The largest absolute Gasteiger partial charge is 0.433 e. The zero-order valence-electron chi connectivity index (χ0n) is 12.6. The van der Waals surface area contributed by atoms with Gasteiger partial charge in [-0.25, -0.2) is 0 Å². The summed E-state index contributed by atoms with van der Waals surface area (Å²) in [5.74, 6) is -0.918. The predicted octanol–water partition coefficient (Wildman–Crippen LogP) is 2.73. The molecule has 0 radical (unpaired) electrons. The third kappa shape index (κ3) is 4.73. The van der Waals surface area contributed by atoms with Crippen LogP contribution in [0, 0.1) is 17.0 Å². The highest BCUT2D eigenvalue weighted by Crippen LogP contribution is 2.27. The minimum atomic E-state index is -3.01. The van der Waals surface area contributed by atoms with E-state index in [9.17, 15) is 23.7 Å². The van der Waals surface area contributed by atoms with Crippen LogP contribution < -0.4 is 10.1 Å². The molecule has 1 amide bonds. The summed E-state index contributed by atoms with van der Waals surface area (Å²) < 4.78 is 30.4. The van der Waals surface area contributed by atoms with Crippen LogP contribution in [0.3, 0.4) is 0 Å². The molecule has 0 saturated heterocycles. The van der Waals surface area contributed by atoms with Crippen LogP contribution in [-0.2, 0) is 11.3 Å². The molecular formula is C14H14F2N4O4. The zero-order valence-corrected chi connectivity index (χ0v) is 12.6. The van der Waals surface area contributed by atoms with Crippen molar-refractivity contribution in [1.82, 2.24) is 9.78 Å². The Bertz CT molecular complexity index is 748. The molecule has 0 saturated carbocycles. The summed E-state index contributed by atoms with van der Waals surface area (Å²) >= 11 is 0. The summed E-state index contributed by atoms with van der Waals surface area (Å²) in [6.45, 7) is -1.16. The molecule has 2 aromatic rings. The van der Waals surface area contributed by atoms with Crippen molar-refractivity contribution >= 4 is 17.4 Å². The van der Waals surface area contributed by atoms with Crippen molar-refractivity contribution in [3.63, 3.8) is 0 Å². The molecule has 0 atom stereocenters. The first-order valence-electron chi connectivity index (χ1n) is 6.88. The standard InChI is InChI=1S/C14H14F2N4O4/c1-9-2-3-11(24-14(15)16)10(8-9)17-13(21)5-7-19-6-4-12(18-19)20(22)23/h2-4,6,8,14H,5,7H2,1H3,(H,17,21). The van der Waals surface area contributed by atoms with Gasteiger partial charge in [-0.2, -0.15) is 13.5 Å². The van der Waals surface area contributed by atoms with E-state index in [2.05, 4.69) is 15.2 Å². The van der Waals surface area contributed by atoms with E-state index >= 15 is 0 Å². The number of alkyl halides is 2. The second-order valence-corrected chi connectivity index (χ2v) is 4.87. The molecule has 1 aromatic heterocycles. The number of carbonyl (C=O) groups is 1. The Kier molecular flexibility index (Phi) is 5.40. The van der Waals surface area contributed by atoms with E-state index in [0.717, 1.165) is 5.56 Å². The van der Waals surface area contributed by atoms with Gasteiger partial charge in [0.15, 0.2) is 0 Å². The molecule has 0 spiro atoms. The number of aryl methyl sites for hydroxylation is 2. The van der Waals surface area contributed by atoms with E-state index in [-0.39, 0.29) is 30.2 Å². The first kappa shape index (κ1) is 17.3. The summed E-state index contributed by atoms with van der Waals surface area (Å²) in [6, 6.07) is 5.64. The second kappa shape index (κ2) is 7.49. The molecule has 10 heteroatoms. The average molecular weight is 340 g/mol. The van der Waals surface area contributed by atoms with Crippen molar-refractivity contribution in [3.8, 4) is 5.75 Å². The molecule has 24 heavy (non-hydrogen) atoms. The van der Waals surface area contributed by atoms with Crippen molar-refractivity contribution in [2.24, 2.45) is 0 Å². The molecule has 1 aromatic carbocycles. The SMILES string of the molecule is Cc1ccc(OC(F)F)c(NC(=O)CCn2ccc([N+](=O)[O-])n2)c1. The molecule has 0 aliphatic heterocycles. The zero-order chi connectivity index (χ0) is 17.7. The Labute approximate surface area is 135 Å². The van der Waals surface area contributed by atoms with Gasteiger partial charge in [0, 0.05) is 6.42 Å². The maximum atomic E-state index is 12.4. The first-order valence-corrected chi connectivity index (χ1v) is 6.88. The number of amides is 1. The molecule has 1 heterocycles. The van der Waals surface area contributed by atoms with Gasteiger partial charge in [-0.1, -0.05) is 6.07 Å². The lowest BCUT2D eigenvalue weighted by atomic mass is 10.2. The summed E-state index contributed by atoms with van der Waals surface area (Å²) in [5.41, 5.74) is 0.890. The fourth-order valence-corrected chi connectivity index (χ4v) is 1.94. The lowest BCUT2D eigenvalue weighted by Crippen LogP contribution is -2.16. The molecule has 2 rings (SSSR count). The Morgan fingerprint density at radius 3 is 2.83 bits per heavy atom. The Hall–Kier alpha value is -3.04. The molecular weight excluding hydrogens is 326 g/mol. The number of nitro groups is 1. The van der Waals surface area contributed by atoms with Gasteiger partial charge in [-0.3, -0.25) is 4.79 Å². The number of ether oxygens (including phenoxy) is 1. The lowest BCUT2D eigenvalue weighted by molar-refractivity contribution is -0.389. The van der Waals surface area contributed by atoms with E-state index in [0.29, 0.717) is 0 Å². The molecule has 0 bridgehead atoms. The minimum Gasteiger partial charge on any atom is -0.433 e. The molecule has 0 unspecified atom stereocenters. The number of halogens is 2. The van der Waals surface area contributed by atoms with Gasteiger partial charge in [-0.05, 0) is 29.5 Å². The number of carbonyl (C=O) groups excluding carboxylic acids is 1. The Balaban J connectivity index is 1.98. The third-order valence-corrected chi connectivity index (χ3v) is 3.01. The van der Waals surface area contributed by atoms with Gasteiger partial charge in [-0.15, -0.1) is 0 Å². The fraction of sp³-hybridized carbons (Fsp3) is 0.286. The number of hydrogen-bond acceptors (Lipinski definition) is 5. The number of aromatic nitrogens is 2. The van der Waals surface area contributed by atoms with Crippen molar-refractivity contribution in [2.45, 2.75) is 26.5 Å². The average Bonchev–Trinajstić information content (AvgIpc) is 2.97. The van der Waals surface area contributed by atoms with E-state index in [1.165, 1.54) is 29.1 Å². The number of nitrogens with zero attached hydrogens (tertiary/aromatic N) is 3. The first-order chi connectivity index (χ1) is 11.3. The van der Waals surface area contributed by atoms with Crippen LogP contribution in [-0.4, -0.2) is 27.2 Å². The molecule has 0 aliphatic carbocycles. The van der Waals surface area contributed by atoms with Gasteiger partial charge in [0.25, 0.3) is 0 Å². The van der Waals surface area contributed by atoms with E-state index < -0.39 is 17.4 Å². The maximum absolute atomic E-state index is 12.4. The normalized spacial score (nSPS) is 10.7. The quantitative estimate of drug-likeness (QED) is 0.617. The number of hydrogen-bond donors (Lipinski definition) is 1. The number of anilines is 1. The fourth-order valence-electron chi connectivity index (χ4n) is 1.94. The molecule has 0 aliphatic rings. The molecule has 8 nitrogen and oxygen atoms in total. The lowest BCUT2D eigenvalue weighted by Gasteiger charge is -2.12. The number of rotatable bonds is 7. The third-order valence-electron chi connectivity index (χ3n) is 3.01. The van der Waals surface area contributed by atoms with Crippen molar-refractivity contribution in [1.29, 1.82) is 0 Å². The van der Waals surface area contributed by atoms with Crippen LogP contribution in [0.15, 0.2) is 30.5 Å². The topological polar surface area (TPSA) is 99.3 Å². The minimum absolute atomic E-state index is 0.0408. The smallest absolute Gasteiger partial charge is 0.389 e. The molecule has 128 valence electrons. The van der Waals surface area contributed by atoms with Gasteiger partial charge < -0.3 is 20.2 Å². The highest BCUT2D eigenvalue weighted by Gasteiger charge is 2.14. The van der Waals surface area contributed by atoms with Crippen molar-refractivity contribution in [3.05, 3.63) is 46.1 Å². The van der Waals surface area contributed by atoms with E-state index in [1.807, 2.05) is 0 Å². The van der Waals surface area contributed by atoms with Crippen LogP contribution in [0.4, 0.5) is 20.3 Å². The van der Waals surface area contributed by atoms with Gasteiger partial charge >= 0.3 is 12.4 Å². The molecule has 1 N–H and O–H groups in total. The Morgan fingerprint density at radius 1 is 1.46 bits per heavy atom. The van der Waals surface area contributed by atoms with Crippen molar-refractivity contribution in [2.75, 3.05) is 5.32 Å². The van der Waals surface area contributed by atoms with Crippen LogP contribution in [0.5, 0.6) is 5.75 Å². The number of benzene rings is 1. The maximum Gasteiger partial charge on any atom is 0.389 e. The van der Waals surface area contributed by atoms with E-state index in [4.69, 9.17) is 0 Å². The summed E-state index contributed by atoms with van der Waals surface area (Å²) in [5, 5.41) is 16.7. The van der Waals surface area contributed by atoms with E-state index in [1.54, 1.807) is 13.0 Å². The van der Waals surface area contributed by atoms with Crippen LogP contribution in [0.25, 0.3) is 0 Å². The molecule has 0 fully saturated rings. The summed E-state index contributed by atoms with van der Waals surface area (Å²) in [4.78, 5) is 21.8. The van der Waals surface area contributed by atoms with Gasteiger partial charge in [0.05, 0.1) is 29.6 Å². The van der Waals surface area contributed by atoms with Gasteiger partial charge in [0.2, 0.25) is 5.91 Å². The van der Waals surface area contributed by atoms with Crippen LogP contribution in [0.2, 0.25) is 0 Å². The Morgan fingerprint density at radius 2 is 2.21 bits per heavy atom. The summed E-state index contributed by atoms with van der Waals surface area (Å²) in [6.07, 6.45) is 1.34. The van der Waals surface area contributed by atoms with Crippen LogP contribution >= 0.6 is 0 Å². The number of nitrogens with one attached hydrogen (secondary N) is 1. The van der Waals surface area contributed by atoms with Gasteiger partial charge in [0.1, 0.15) is 5.75 Å². The monoisotopic (exact) mass is 340 g/mol.